The van der Waals surface area contributed by atoms with E-state index in [4.69, 9.17) is 4.74 Å². The number of ether oxygens (including phenoxy) is 1. The van der Waals surface area contributed by atoms with Crippen LogP contribution in [0.15, 0.2) is 12.7 Å². The second-order valence-electron chi connectivity index (χ2n) is 5.76. The van der Waals surface area contributed by atoms with Crippen LogP contribution in [0.5, 0.6) is 0 Å². The summed E-state index contributed by atoms with van der Waals surface area (Å²) in [7, 11) is 0. The first-order valence-electron chi connectivity index (χ1n) is 7.21. The summed E-state index contributed by atoms with van der Waals surface area (Å²) in [5, 5.41) is 2.44. The first-order valence-corrected chi connectivity index (χ1v) is 7.21. The first-order chi connectivity index (χ1) is 9.33. The molecule has 114 valence electrons. The van der Waals surface area contributed by atoms with Crippen LogP contribution in [0.25, 0.3) is 0 Å². The van der Waals surface area contributed by atoms with Gasteiger partial charge in [0, 0.05) is 6.42 Å². The standard InChI is InChI=1S/C15H26N2O3/c1-6-8-9-13(18)16-14(19)17-12(11(3)7-2)10-20-15(17,4)5/h6,11-12H,1,7-10H2,2-5H3,(H,16,18,19)/t11-,12-/m1/s1. The average Bonchev–Trinajstić information content (AvgIpc) is 2.71. The van der Waals surface area contributed by atoms with Gasteiger partial charge >= 0.3 is 6.03 Å². The zero-order chi connectivity index (χ0) is 15.3. The summed E-state index contributed by atoms with van der Waals surface area (Å²) in [5.74, 6) is 0.0475. The molecule has 1 saturated heterocycles. The fourth-order valence-electron chi connectivity index (χ4n) is 2.39. The Kier molecular flexibility index (Phi) is 5.74. The molecule has 5 heteroatoms. The lowest BCUT2D eigenvalue weighted by molar-refractivity contribution is -0.120. The van der Waals surface area contributed by atoms with Crippen LogP contribution in [0.1, 0.15) is 47.0 Å². The molecule has 0 aromatic heterocycles. The van der Waals surface area contributed by atoms with Crippen molar-refractivity contribution in [2.24, 2.45) is 5.92 Å². The van der Waals surface area contributed by atoms with Gasteiger partial charge < -0.3 is 4.74 Å². The minimum atomic E-state index is -0.684. The Morgan fingerprint density at radius 2 is 2.20 bits per heavy atom. The molecule has 20 heavy (non-hydrogen) atoms. The molecule has 0 aromatic rings. The van der Waals surface area contributed by atoms with E-state index in [0.717, 1.165) is 6.42 Å². The van der Waals surface area contributed by atoms with E-state index >= 15 is 0 Å². The number of imide groups is 1. The van der Waals surface area contributed by atoms with Gasteiger partial charge in [0.2, 0.25) is 5.91 Å². The van der Waals surface area contributed by atoms with Crippen molar-refractivity contribution in [1.82, 2.24) is 10.2 Å². The monoisotopic (exact) mass is 282 g/mol. The average molecular weight is 282 g/mol. The number of nitrogens with zero attached hydrogens (tertiary/aromatic N) is 1. The number of amides is 3. The highest BCUT2D eigenvalue weighted by Gasteiger charge is 2.45. The van der Waals surface area contributed by atoms with Crippen LogP contribution in [0.4, 0.5) is 4.79 Å². The highest BCUT2D eigenvalue weighted by Crippen LogP contribution is 2.32. The largest absolute Gasteiger partial charge is 0.354 e. The molecule has 0 radical (unpaired) electrons. The SMILES string of the molecule is C=CCCC(=O)NC(=O)N1[C@@H]([C@H](C)CC)COC1(C)C. The Bertz CT molecular complexity index is 379. The van der Waals surface area contributed by atoms with Crippen LogP contribution < -0.4 is 5.32 Å². The lowest BCUT2D eigenvalue weighted by atomic mass is 9.98. The number of carbonyl (C=O) groups is 2. The maximum Gasteiger partial charge on any atom is 0.326 e. The maximum atomic E-state index is 12.4. The van der Waals surface area contributed by atoms with Gasteiger partial charge in [-0.2, -0.15) is 0 Å². The van der Waals surface area contributed by atoms with Crippen molar-refractivity contribution in [3.8, 4) is 0 Å². The third kappa shape index (κ3) is 3.82. The van der Waals surface area contributed by atoms with Gasteiger partial charge in [-0.25, -0.2) is 4.79 Å². The van der Waals surface area contributed by atoms with Crippen LogP contribution in [-0.4, -0.2) is 35.2 Å². The van der Waals surface area contributed by atoms with Crippen molar-refractivity contribution in [3.05, 3.63) is 12.7 Å². The lowest BCUT2D eigenvalue weighted by Gasteiger charge is -2.35. The molecule has 0 aliphatic carbocycles. The summed E-state index contributed by atoms with van der Waals surface area (Å²) in [6, 6.07) is -0.367. The van der Waals surface area contributed by atoms with Crippen LogP contribution in [0, 0.1) is 5.92 Å². The molecular weight excluding hydrogens is 256 g/mol. The van der Waals surface area contributed by atoms with Crippen LogP contribution >= 0.6 is 0 Å². The third-order valence-electron chi connectivity index (χ3n) is 3.86. The number of rotatable bonds is 5. The minimum Gasteiger partial charge on any atom is -0.354 e. The Hall–Kier alpha value is -1.36. The summed E-state index contributed by atoms with van der Waals surface area (Å²) >= 11 is 0. The molecule has 1 heterocycles. The second kappa shape index (κ2) is 6.88. The van der Waals surface area contributed by atoms with E-state index in [1.807, 2.05) is 13.8 Å². The van der Waals surface area contributed by atoms with Gasteiger partial charge in [0.1, 0.15) is 5.72 Å². The summed E-state index contributed by atoms with van der Waals surface area (Å²) in [6.45, 7) is 12.0. The summed E-state index contributed by atoms with van der Waals surface area (Å²) < 4.78 is 5.71. The van der Waals surface area contributed by atoms with Crippen molar-refractivity contribution < 1.29 is 14.3 Å². The Labute approximate surface area is 121 Å². The number of carbonyl (C=O) groups excluding carboxylic acids is 2. The quantitative estimate of drug-likeness (QED) is 0.789. The third-order valence-corrected chi connectivity index (χ3v) is 3.86. The number of nitrogens with one attached hydrogen (secondary N) is 1. The molecule has 0 saturated carbocycles. The van der Waals surface area contributed by atoms with Crippen LogP contribution in [-0.2, 0) is 9.53 Å². The summed E-state index contributed by atoms with van der Waals surface area (Å²) in [5.41, 5.74) is -0.684. The molecule has 0 spiro atoms. The normalized spacial score (nSPS) is 22.4. The van der Waals surface area contributed by atoms with Crippen molar-refractivity contribution in [3.63, 3.8) is 0 Å². The fourth-order valence-corrected chi connectivity index (χ4v) is 2.39. The molecule has 2 atom stereocenters. The maximum absolute atomic E-state index is 12.4. The van der Waals surface area contributed by atoms with Crippen LogP contribution in [0.2, 0.25) is 0 Å². The zero-order valence-corrected chi connectivity index (χ0v) is 12.9. The number of urea groups is 1. The predicted octanol–water partition coefficient (Wildman–Crippen LogP) is 2.67. The predicted molar refractivity (Wildman–Crippen MR) is 78.1 cm³/mol. The minimum absolute atomic E-state index is 0.00204. The summed E-state index contributed by atoms with van der Waals surface area (Å²) in [4.78, 5) is 25.7. The van der Waals surface area contributed by atoms with E-state index in [1.165, 1.54) is 0 Å². The smallest absolute Gasteiger partial charge is 0.326 e. The van der Waals surface area contributed by atoms with Gasteiger partial charge in [0.25, 0.3) is 0 Å². The van der Waals surface area contributed by atoms with Gasteiger partial charge in [-0.15, -0.1) is 6.58 Å². The molecule has 0 aromatic carbocycles. The molecular formula is C15H26N2O3. The number of hydrogen-bond donors (Lipinski definition) is 1. The van der Waals surface area contributed by atoms with E-state index < -0.39 is 5.72 Å². The number of hydrogen-bond acceptors (Lipinski definition) is 3. The number of allylic oxidation sites excluding steroid dienone is 1. The van der Waals surface area contributed by atoms with Crippen LogP contribution in [0.3, 0.4) is 0 Å². The van der Waals surface area contributed by atoms with Gasteiger partial charge in [-0.05, 0) is 26.2 Å². The van der Waals surface area contributed by atoms with Gasteiger partial charge in [-0.1, -0.05) is 26.3 Å². The molecule has 1 aliphatic heterocycles. The first kappa shape index (κ1) is 16.7. The summed E-state index contributed by atoms with van der Waals surface area (Å²) in [6.07, 6.45) is 3.46. The molecule has 0 bridgehead atoms. The molecule has 5 nitrogen and oxygen atoms in total. The van der Waals surface area contributed by atoms with E-state index in [1.54, 1.807) is 11.0 Å². The Morgan fingerprint density at radius 3 is 2.75 bits per heavy atom. The molecule has 1 rings (SSSR count). The highest BCUT2D eigenvalue weighted by molar-refractivity contribution is 5.94. The highest BCUT2D eigenvalue weighted by atomic mass is 16.5. The van der Waals surface area contributed by atoms with E-state index in [0.29, 0.717) is 18.9 Å². The van der Waals surface area contributed by atoms with Gasteiger partial charge in [-0.3, -0.25) is 15.0 Å². The Balaban J connectivity index is 2.75. The molecule has 1 aliphatic rings. The van der Waals surface area contributed by atoms with Crippen molar-refractivity contribution in [2.45, 2.75) is 58.7 Å². The van der Waals surface area contributed by atoms with E-state index in [-0.39, 0.29) is 24.4 Å². The molecule has 1 N–H and O–H groups in total. The van der Waals surface area contributed by atoms with Crippen molar-refractivity contribution in [1.29, 1.82) is 0 Å². The lowest BCUT2D eigenvalue weighted by Crippen LogP contribution is -2.54. The van der Waals surface area contributed by atoms with E-state index in [2.05, 4.69) is 25.7 Å². The molecule has 0 unspecified atom stereocenters. The van der Waals surface area contributed by atoms with Crippen molar-refractivity contribution >= 4 is 11.9 Å². The topological polar surface area (TPSA) is 58.6 Å². The zero-order valence-electron chi connectivity index (χ0n) is 12.9. The van der Waals surface area contributed by atoms with Gasteiger partial charge in [0.05, 0.1) is 12.6 Å². The van der Waals surface area contributed by atoms with Gasteiger partial charge in [0.15, 0.2) is 0 Å². The van der Waals surface area contributed by atoms with E-state index in [9.17, 15) is 9.59 Å². The molecule has 3 amide bonds. The second-order valence-corrected chi connectivity index (χ2v) is 5.76. The molecule has 1 fully saturated rings. The fraction of sp³-hybridized carbons (Fsp3) is 0.733. The van der Waals surface area contributed by atoms with Crippen molar-refractivity contribution in [2.75, 3.05) is 6.61 Å². The Morgan fingerprint density at radius 1 is 1.55 bits per heavy atom.